The lowest BCUT2D eigenvalue weighted by molar-refractivity contribution is 0.0589. The van der Waals surface area contributed by atoms with Crippen LogP contribution in [0.25, 0.3) is 22.3 Å². The van der Waals surface area contributed by atoms with Crippen molar-refractivity contribution in [1.29, 1.82) is 0 Å². The van der Waals surface area contributed by atoms with Gasteiger partial charge in [0.25, 0.3) is 10.1 Å². The number of benzene rings is 3. The van der Waals surface area contributed by atoms with Gasteiger partial charge >= 0.3 is 6.09 Å². The molecule has 0 radical (unpaired) electrons. The molecule has 0 saturated heterocycles. The molecule has 3 aromatic carbocycles. The Bertz CT molecular complexity index is 1560. The second-order valence-electron chi connectivity index (χ2n) is 9.93. The molecule has 0 N–H and O–H groups in total. The van der Waals surface area contributed by atoms with E-state index >= 15 is 0 Å². The molecule has 0 unspecified atom stereocenters. The molecule has 1 amide bonds. The number of rotatable bonds is 8. The highest BCUT2D eigenvalue weighted by Crippen LogP contribution is 2.25. The van der Waals surface area contributed by atoms with Gasteiger partial charge in [0.1, 0.15) is 24.6 Å². The zero-order valence-corrected chi connectivity index (χ0v) is 23.4. The number of ether oxygens (including phenoxy) is 2. The van der Waals surface area contributed by atoms with E-state index in [2.05, 4.69) is 4.98 Å². The summed E-state index contributed by atoms with van der Waals surface area (Å²) < 4.78 is 40.7. The number of aryl methyl sites for hydroxylation is 1. The fourth-order valence-electron chi connectivity index (χ4n) is 3.58. The predicted molar refractivity (Wildman–Crippen MR) is 149 cm³/mol. The maximum Gasteiger partial charge on any atom is 0.414 e. The average molecular weight is 550 g/mol. The van der Waals surface area contributed by atoms with Crippen molar-refractivity contribution in [2.75, 3.05) is 25.2 Å². The first kappa shape index (κ1) is 28.0. The lowest BCUT2D eigenvalue weighted by Gasteiger charge is -2.24. The Balaban J connectivity index is 1.36. The molecule has 0 atom stereocenters. The first-order chi connectivity index (χ1) is 18.4. The maximum atomic E-state index is 12.4. The Kier molecular flexibility index (Phi) is 8.17. The van der Waals surface area contributed by atoms with E-state index in [4.69, 9.17) is 18.6 Å². The number of hydrogen-bond donors (Lipinski definition) is 0. The second-order valence-corrected chi connectivity index (χ2v) is 11.5. The Morgan fingerprint density at radius 2 is 1.62 bits per heavy atom. The summed E-state index contributed by atoms with van der Waals surface area (Å²) in [6.45, 7) is 7.30. The van der Waals surface area contributed by atoms with Gasteiger partial charge < -0.3 is 9.47 Å². The second kappa shape index (κ2) is 11.4. The third-order valence-electron chi connectivity index (χ3n) is 5.63. The highest BCUT2D eigenvalue weighted by molar-refractivity contribution is 7.86. The quantitative estimate of drug-likeness (QED) is 0.202. The minimum absolute atomic E-state index is 0.0697. The first-order valence-electron chi connectivity index (χ1n) is 12.3. The Morgan fingerprint density at radius 3 is 2.28 bits per heavy atom. The number of carbonyl (C=O) groups excluding carboxylic acids is 1. The van der Waals surface area contributed by atoms with Crippen molar-refractivity contribution >= 4 is 32.9 Å². The molecule has 0 aliphatic heterocycles. The number of nitrogens with zero attached hydrogens (tertiary/aromatic N) is 3. The van der Waals surface area contributed by atoms with Crippen LogP contribution in [0.2, 0.25) is 0 Å². The van der Waals surface area contributed by atoms with Gasteiger partial charge in [-0.2, -0.15) is 8.42 Å². The zero-order valence-electron chi connectivity index (χ0n) is 22.5. The average Bonchev–Trinajstić information content (AvgIpc) is 2.90. The molecule has 0 spiro atoms. The van der Waals surface area contributed by atoms with Crippen molar-refractivity contribution in [3.05, 3.63) is 78.5 Å². The van der Waals surface area contributed by atoms with Crippen molar-refractivity contribution in [1.82, 2.24) is 9.97 Å². The molecular weight excluding hydrogens is 518 g/mol. The van der Waals surface area contributed by atoms with Gasteiger partial charge in [-0.25, -0.2) is 9.78 Å². The Labute approximate surface area is 228 Å². The molecule has 0 bridgehead atoms. The SMILES string of the molecule is Cc1ccc(S(=O)(=O)OCCOc2ccc(-c3cnc4cc(N(C)C(=O)OC(C)(C)C)ccc4n3)cc2)cc1. The van der Waals surface area contributed by atoms with Crippen LogP contribution in [0.5, 0.6) is 5.75 Å². The van der Waals surface area contributed by atoms with Crippen LogP contribution < -0.4 is 9.64 Å². The summed E-state index contributed by atoms with van der Waals surface area (Å²) in [4.78, 5) is 23.1. The van der Waals surface area contributed by atoms with E-state index in [1.54, 1.807) is 49.6 Å². The van der Waals surface area contributed by atoms with Gasteiger partial charge in [-0.1, -0.05) is 17.7 Å². The van der Waals surface area contributed by atoms with Gasteiger partial charge in [0, 0.05) is 18.3 Å². The van der Waals surface area contributed by atoms with Crippen molar-refractivity contribution in [2.24, 2.45) is 0 Å². The smallest absolute Gasteiger partial charge is 0.414 e. The van der Waals surface area contributed by atoms with Gasteiger partial charge in [0.05, 0.1) is 27.8 Å². The van der Waals surface area contributed by atoms with Crippen LogP contribution in [0, 0.1) is 6.92 Å². The van der Waals surface area contributed by atoms with Crippen LogP contribution in [0.3, 0.4) is 0 Å². The van der Waals surface area contributed by atoms with Crippen molar-refractivity contribution in [3.63, 3.8) is 0 Å². The molecule has 204 valence electrons. The number of aromatic nitrogens is 2. The van der Waals surface area contributed by atoms with Gasteiger partial charge in [0.15, 0.2) is 0 Å². The summed E-state index contributed by atoms with van der Waals surface area (Å²) in [6, 6.07) is 19.1. The molecule has 4 rings (SSSR count). The highest BCUT2D eigenvalue weighted by atomic mass is 32.2. The van der Waals surface area contributed by atoms with Gasteiger partial charge in [-0.3, -0.25) is 14.1 Å². The standard InChI is InChI=1S/C29H31N3O6S/c1-20-6-13-24(14-7-20)39(34,35)37-17-16-36-23-11-8-21(9-12-23)27-19-30-26-18-22(10-15-25(26)31-27)32(5)28(33)38-29(2,3)4/h6-15,18-19H,16-17H2,1-5H3. The van der Waals surface area contributed by atoms with Gasteiger partial charge in [0.2, 0.25) is 0 Å². The third-order valence-corrected chi connectivity index (χ3v) is 6.96. The monoisotopic (exact) mass is 549 g/mol. The number of hydrogen-bond acceptors (Lipinski definition) is 8. The third kappa shape index (κ3) is 7.30. The number of amides is 1. The highest BCUT2D eigenvalue weighted by Gasteiger charge is 2.21. The Morgan fingerprint density at radius 1 is 0.923 bits per heavy atom. The van der Waals surface area contributed by atoms with Crippen molar-refractivity contribution < 1.29 is 26.9 Å². The largest absolute Gasteiger partial charge is 0.491 e. The first-order valence-corrected chi connectivity index (χ1v) is 13.7. The molecule has 0 saturated carbocycles. The molecule has 0 fully saturated rings. The lowest BCUT2D eigenvalue weighted by atomic mass is 10.1. The zero-order chi connectivity index (χ0) is 28.2. The minimum atomic E-state index is -3.83. The van der Waals surface area contributed by atoms with Crippen LogP contribution in [-0.2, 0) is 19.0 Å². The van der Waals surface area contributed by atoms with Crippen molar-refractivity contribution in [2.45, 2.75) is 38.2 Å². The summed E-state index contributed by atoms with van der Waals surface area (Å²) in [6.07, 6.45) is 1.22. The Hall–Kier alpha value is -4.02. The van der Waals surface area contributed by atoms with E-state index in [0.29, 0.717) is 28.2 Å². The van der Waals surface area contributed by atoms with E-state index < -0.39 is 21.8 Å². The number of carbonyl (C=O) groups is 1. The van der Waals surface area contributed by atoms with Crippen molar-refractivity contribution in [3.8, 4) is 17.0 Å². The molecule has 39 heavy (non-hydrogen) atoms. The van der Waals surface area contributed by atoms with E-state index in [0.717, 1.165) is 11.1 Å². The predicted octanol–water partition coefficient (Wildman–Crippen LogP) is 5.76. The van der Waals surface area contributed by atoms with Crippen LogP contribution >= 0.6 is 0 Å². The molecule has 0 aliphatic rings. The fourth-order valence-corrected chi connectivity index (χ4v) is 4.47. The lowest BCUT2D eigenvalue weighted by Crippen LogP contribution is -2.34. The van der Waals surface area contributed by atoms with Crippen LogP contribution in [-0.4, -0.2) is 50.3 Å². The summed E-state index contributed by atoms with van der Waals surface area (Å²) in [5, 5.41) is 0. The molecule has 1 aromatic heterocycles. The molecule has 4 aromatic rings. The summed E-state index contributed by atoms with van der Waals surface area (Å²) in [5.74, 6) is 0.568. The molecule has 10 heteroatoms. The summed E-state index contributed by atoms with van der Waals surface area (Å²) in [7, 11) is -2.18. The maximum absolute atomic E-state index is 12.4. The number of fused-ring (bicyclic) bond motifs is 1. The summed E-state index contributed by atoms with van der Waals surface area (Å²) >= 11 is 0. The van der Waals surface area contributed by atoms with Gasteiger partial charge in [-0.05, 0) is 82.3 Å². The van der Waals surface area contributed by atoms with Crippen LogP contribution in [0.1, 0.15) is 26.3 Å². The fraction of sp³-hybridized carbons (Fsp3) is 0.276. The number of anilines is 1. The van der Waals surface area contributed by atoms with E-state index in [1.807, 2.05) is 45.9 Å². The van der Waals surface area contributed by atoms with Gasteiger partial charge in [-0.15, -0.1) is 0 Å². The van der Waals surface area contributed by atoms with E-state index in [1.165, 1.54) is 17.0 Å². The molecule has 9 nitrogen and oxygen atoms in total. The topological polar surface area (TPSA) is 108 Å². The van der Waals surface area contributed by atoms with Crippen LogP contribution in [0.4, 0.5) is 10.5 Å². The molecule has 1 heterocycles. The van der Waals surface area contributed by atoms with Crippen LogP contribution in [0.15, 0.2) is 77.8 Å². The van der Waals surface area contributed by atoms with E-state index in [-0.39, 0.29) is 18.1 Å². The summed E-state index contributed by atoms with van der Waals surface area (Å²) in [5.41, 5.74) is 3.87. The normalized spacial score (nSPS) is 11.8. The minimum Gasteiger partial charge on any atom is -0.491 e. The van der Waals surface area contributed by atoms with E-state index in [9.17, 15) is 13.2 Å². The molecular formula is C29H31N3O6S. The molecule has 0 aliphatic carbocycles.